The zero-order chi connectivity index (χ0) is 20.3. The van der Waals surface area contributed by atoms with Gasteiger partial charge in [0.15, 0.2) is 0 Å². The van der Waals surface area contributed by atoms with Crippen LogP contribution in [0, 0.1) is 5.92 Å². The molecule has 0 bridgehead atoms. The largest absolute Gasteiger partial charge is 0.353 e. The van der Waals surface area contributed by atoms with Crippen molar-refractivity contribution in [3.05, 3.63) is 66.0 Å². The average Bonchev–Trinajstić information content (AvgIpc) is 3.14. The van der Waals surface area contributed by atoms with Gasteiger partial charge in [-0.1, -0.05) is 25.1 Å². The number of amides is 2. The monoisotopic (exact) mass is 393 g/mol. The Kier molecular flexibility index (Phi) is 5.62. The van der Waals surface area contributed by atoms with Crippen molar-refractivity contribution >= 4 is 11.8 Å². The lowest BCUT2D eigenvalue weighted by Crippen LogP contribution is -2.56. The van der Waals surface area contributed by atoms with Gasteiger partial charge >= 0.3 is 0 Å². The number of aromatic nitrogens is 1. The molecule has 1 aromatic carbocycles. The molecule has 1 N–H and O–H groups in total. The van der Waals surface area contributed by atoms with Crippen LogP contribution in [0.3, 0.4) is 0 Å². The van der Waals surface area contributed by atoms with Gasteiger partial charge in [-0.2, -0.15) is 0 Å². The number of benzene rings is 1. The molecule has 29 heavy (non-hydrogen) atoms. The van der Waals surface area contributed by atoms with E-state index >= 15 is 0 Å². The van der Waals surface area contributed by atoms with E-state index in [-0.39, 0.29) is 18.4 Å². The Labute approximate surface area is 171 Å². The lowest BCUT2D eigenvalue weighted by molar-refractivity contribution is -0.128. The molecule has 2 aliphatic rings. The van der Waals surface area contributed by atoms with Crippen LogP contribution in [0.15, 0.2) is 54.9 Å². The molecule has 2 heterocycles. The van der Waals surface area contributed by atoms with Crippen LogP contribution in [0.25, 0.3) is 0 Å². The summed E-state index contributed by atoms with van der Waals surface area (Å²) in [6.45, 7) is 2.86. The van der Waals surface area contributed by atoms with Gasteiger partial charge in [0, 0.05) is 24.5 Å². The first-order valence-electron chi connectivity index (χ1n) is 10.3. The molecular weight excluding hydrogens is 366 g/mol. The van der Waals surface area contributed by atoms with E-state index < -0.39 is 11.8 Å². The normalized spacial score (nSPS) is 26.4. The smallest absolute Gasteiger partial charge is 0.256 e. The minimum atomic E-state index is -0.682. The second kappa shape index (κ2) is 8.33. The van der Waals surface area contributed by atoms with Gasteiger partial charge in [-0.15, -0.1) is 0 Å². The van der Waals surface area contributed by atoms with Crippen LogP contribution >= 0.6 is 0 Å². The summed E-state index contributed by atoms with van der Waals surface area (Å²) >= 11 is 0. The molecule has 1 aromatic heterocycles. The Balaban J connectivity index is 1.56. The lowest BCUT2D eigenvalue weighted by Gasteiger charge is -2.43. The van der Waals surface area contributed by atoms with E-state index in [9.17, 15) is 9.59 Å². The van der Waals surface area contributed by atoms with E-state index in [0.717, 1.165) is 31.2 Å². The van der Waals surface area contributed by atoms with Gasteiger partial charge in [0.05, 0.1) is 6.61 Å². The van der Waals surface area contributed by atoms with Crippen molar-refractivity contribution in [2.45, 2.75) is 50.9 Å². The van der Waals surface area contributed by atoms with Crippen LogP contribution in [0.2, 0.25) is 0 Å². The van der Waals surface area contributed by atoms with Crippen molar-refractivity contribution < 1.29 is 14.3 Å². The highest BCUT2D eigenvalue weighted by Gasteiger charge is 2.53. The molecule has 1 spiro atoms. The highest BCUT2D eigenvalue weighted by molar-refractivity contribution is 5.98. The number of ether oxygens (including phenoxy) is 1. The fourth-order valence-electron chi connectivity index (χ4n) is 4.31. The number of hydrogen-bond donors (Lipinski definition) is 1. The minimum Gasteiger partial charge on any atom is -0.353 e. The first-order chi connectivity index (χ1) is 14.1. The van der Waals surface area contributed by atoms with E-state index in [1.54, 1.807) is 29.4 Å². The molecular formula is C23H27N3O3. The zero-order valence-electron chi connectivity index (χ0n) is 16.7. The van der Waals surface area contributed by atoms with Crippen molar-refractivity contribution in [2.75, 3.05) is 6.61 Å². The second-order valence-corrected chi connectivity index (χ2v) is 8.07. The van der Waals surface area contributed by atoms with Gasteiger partial charge in [0.25, 0.3) is 5.91 Å². The van der Waals surface area contributed by atoms with Gasteiger partial charge in [-0.05, 0) is 61.4 Å². The maximum Gasteiger partial charge on any atom is 0.256 e. The topological polar surface area (TPSA) is 71.5 Å². The highest BCUT2D eigenvalue weighted by Crippen LogP contribution is 2.43. The molecule has 1 saturated heterocycles. The van der Waals surface area contributed by atoms with Crippen LogP contribution in [-0.4, -0.2) is 40.1 Å². The molecule has 1 unspecified atom stereocenters. The second-order valence-electron chi connectivity index (χ2n) is 8.07. The van der Waals surface area contributed by atoms with E-state index in [0.29, 0.717) is 18.0 Å². The number of hydrogen-bond acceptors (Lipinski definition) is 4. The van der Waals surface area contributed by atoms with Crippen molar-refractivity contribution in [2.24, 2.45) is 5.92 Å². The predicted octanol–water partition coefficient (Wildman–Crippen LogP) is 3.15. The minimum absolute atomic E-state index is 0.137. The molecule has 152 valence electrons. The Morgan fingerprint density at radius 1 is 1.14 bits per heavy atom. The van der Waals surface area contributed by atoms with E-state index in [1.807, 2.05) is 30.3 Å². The predicted molar refractivity (Wildman–Crippen MR) is 109 cm³/mol. The summed E-state index contributed by atoms with van der Waals surface area (Å²) in [5.74, 6) is 0.292. The molecule has 2 fully saturated rings. The van der Waals surface area contributed by atoms with Gasteiger partial charge < -0.3 is 10.1 Å². The zero-order valence-corrected chi connectivity index (χ0v) is 16.7. The maximum atomic E-state index is 13.4. The number of carbonyl (C=O) groups excluding carboxylic acids is 2. The summed E-state index contributed by atoms with van der Waals surface area (Å²) in [5.41, 5.74) is 0.871. The van der Waals surface area contributed by atoms with Gasteiger partial charge in [-0.3, -0.25) is 19.5 Å². The van der Waals surface area contributed by atoms with Crippen LogP contribution in [-0.2, 0) is 16.1 Å². The Hall–Kier alpha value is -2.73. The number of pyridine rings is 1. The molecule has 4 rings (SSSR count). The van der Waals surface area contributed by atoms with Gasteiger partial charge in [-0.25, -0.2) is 0 Å². The summed E-state index contributed by atoms with van der Waals surface area (Å²) in [6, 6.07) is 12.3. The third-order valence-corrected chi connectivity index (χ3v) is 6.07. The summed E-state index contributed by atoms with van der Waals surface area (Å²) in [7, 11) is 0. The van der Waals surface area contributed by atoms with Gasteiger partial charge in [0.1, 0.15) is 11.8 Å². The molecule has 1 saturated carbocycles. The first kappa shape index (κ1) is 19.6. The van der Waals surface area contributed by atoms with Crippen LogP contribution in [0.4, 0.5) is 0 Å². The summed E-state index contributed by atoms with van der Waals surface area (Å²) < 4.78 is 6.21. The van der Waals surface area contributed by atoms with Gasteiger partial charge in [0.2, 0.25) is 5.91 Å². The molecule has 1 aliphatic heterocycles. The molecule has 6 nitrogen and oxygen atoms in total. The van der Waals surface area contributed by atoms with Crippen LogP contribution in [0.5, 0.6) is 0 Å². The first-order valence-corrected chi connectivity index (χ1v) is 10.3. The van der Waals surface area contributed by atoms with E-state index in [1.165, 1.54) is 0 Å². The number of carbonyl (C=O) groups is 2. The van der Waals surface area contributed by atoms with Crippen LogP contribution < -0.4 is 5.32 Å². The quantitative estimate of drug-likeness (QED) is 0.866. The Bertz CT molecular complexity index is 848. The standard InChI is InChI=1S/C23H27N3O3/c1-17-7-11-23(12-8-17)26(22(28)19-5-3-2-4-6-19)20(16-29-23)21(27)25-15-18-9-13-24-14-10-18/h2-6,9-10,13-14,17,20H,7-8,11-12,15-16H2,1H3,(H,25,27). The van der Waals surface area contributed by atoms with E-state index in [4.69, 9.17) is 4.74 Å². The van der Waals surface area contributed by atoms with Crippen molar-refractivity contribution in [1.82, 2.24) is 15.2 Å². The maximum absolute atomic E-state index is 13.4. The van der Waals surface area contributed by atoms with E-state index in [2.05, 4.69) is 17.2 Å². The molecule has 1 atom stereocenters. The molecule has 6 heteroatoms. The van der Waals surface area contributed by atoms with Crippen molar-refractivity contribution in [3.8, 4) is 0 Å². The average molecular weight is 393 g/mol. The number of nitrogens with one attached hydrogen (secondary N) is 1. The SMILES string of the molecule is CC1CCC2(CC1)OCC(C(=O)NCc1ccncc1)N2C(=O)c1ccccc1. The number of rotatable bonds is 4. The summed E-state index contributed by atoms with van der Waals surface area (Å²) in [6.07, 6.45) is 6.91. The summed E-state index contributed by atoms with van der Waals surface area (Å²) in [5, 5.41) is 2.97. The summed E-state index contributed by atoms with van der Waals surface area (Å²) in [4.78, 5) is 32.2. The van der Waals surface area contributed by atoms with Crippen LogP contribution in [0.1, 0.15) is 48.5 Å². The molecule has 1 aliphatic carbocycles. The third-order valence-electron chi connectivity index (χ3n) is 6.07. The Morgan fingerprint density at radius 2 is 1.83 bits per heavy atom. The fraction of sp³-hybridized carbons (Fsp3) is 0.435. The van der Waals surface area contributed by atoms with Crippen molar-refractivity contribution in [1.29, 1.82) is 0 Å². The molecule has 0 radical (unpaired) electrons. The lowest BCUT2D eigenvalue weighted by atomic mass is 9.83. The van der Waals surface area contributed by atoms with Crippen molar-refractivity contribution in [3.63, 3.8) is 0 Å². The Morgan fingerprint density at radius 3 is 2.52 bits per heavy atom. The highest BCUT2D eigenvalue weighted by atomic mass is 16.5. The number of nitrogens with zero attached hydrogens (tertiary/aromatic N) is 2. The third kappa shape index (κ3) is 4.03. The molecule has 2 amide bonds. The fourth-order valence-corrected chi connectivity index (χ4v) is 4.31. The molecule has 2 aromatic rings.